The molecule has 34 heavy (non-hydrogen) atoms. The minimum Gasteiger partial charge on any atom is -0.449 e. The number of non-ortho nitro benzene ring substituents is 1. The number of nitro groups is 1. The van der Waals surface area contributed by atoms with E-state index in [1.165, 1.54) is 24.3 Å². The summed E-state index contributed by atoms with van der Waals surface area (Å²) in [6, 6.07) is 20.9. The van der Waals surface area contributed by atoms with Gasteiger partial charge < -0.3 is 20.1 Å². The third-order valence-corrected chi connectivity index (χ3v) is 5.52. The van der Waals surface area contributed by atoms with Gasteiger partial charge in [-0.1, -0.05) is 48.5 Å². The maximum Gasteiger partial charge on any atom is 0.412 e. The first kappa shape index (κ1) is 22.8. The summed E-state index contributed by atoms with van der Waals surface area (Å²) in [6.45, 7) is 2.02. The molecule has 174 valence electrons. The molecule has 0 fully saturated rings. The average molecular weight is 461 g/mol. The topological polar surface area (TPSA) is 120 Å². The number of benzene rings is 3. The molecule has 9 heteroatoms. The number of nitrogens with zero attached hydrogens (tertiary/aromatic N) is 1. The number of carbonyl (C=O) groups is 2. The molecule has 0 aliphatic heterocycles. The van der Waals surface area contributed by atoms with Crippen molar-refractivity contribution < 1.29 is 24.0 Å². The predicted octanol–water partition coefficient (Wildman–Crippen LogP) is 4.61. The number of ether oxygens (including phenoxy) is 2. The van der Waals surface area contributed by atoms with Gasteiger partial charge in [-0.25, -0.2) is 9.59 Å². The first-order valence-electron chi connectivity index (χ1n) is 10.7. The predicted molar refractivity (Wildman–Crippen MR) is 125 cm³/mol. The molecule has 3 aromatic carbocycles. The van der Waals surface area contributed by atoms with Gasteiger partial charge in [-0.05, 0) is 41.3 Å². The fourth-order valence-electron chi connectivity index (χ4n) is 3.91. The minimum atomic E-state index is -0.741. The molecular weight excluding hydrogens is 438 g/mol. The molecule has 0 unspecified atom stereocenters. The SMILES string of the molecule is C[C@H](CNC(=O)Oc1ccc([N+](=O)[O-])cc1)NC(=O)OCC1c2ccccc2-c2ccccc21. The second kappa shape index (κ2) is 10.0. The van der Waals surface area contributed by atoms with Crippen molar-refractivity contribution in [2.24, 2.45) is 0 Å². The van der Waals surface area contributed by atoms with Crippen LogP contribution in [0.25, 0.3) is 11.1 Å². The summed E-state index contributed by atoms with van der Waals surface area (Å²) >= 11 is 0. The van der Waals surface area contributed by atoms with Gasteiger partial charge in [0.1, 0.15) is 12.4 Å². The number of nitrogens with one attached hydrogen (secondary N) is 2. The Morgan fingerprint density at radius 2 is 1.53 bits per heavy atom. The molecule has 0 bridgehead atoms. The molecule has 0 spiro atoms. The smallest absolute Gasteiger partial charge is 0.412 e. The van der Waals surface area contributed by atoms with E-state index in [2.05, 4.69) is 22.8 Å². The summed E-state index contributed by atoms with van der Waals surface area (Å²) in [6.07, 6.45) is -1.32. The zero-order chi connectivity index (χ0) is 24.1. The molecule has 0 saturated carbocycles. The Bertz CT molecular complexity index is 1170. The molecule has 2 N–H and O–H groups in total. The van der Waals surface area contributed by atoms with Crippen molar-refractivity contribution in [3.8, 4) is 16.9 Å². The van der Waals surface area contributed by atoms with Crippen LogP contribution in [-0.4, -0.2) is 36.3 Å². The summed E-state index contributed by atoms with van der Waals surface area (Å²) in [5, 5.41) is 15.9. The van der Waals surface area contributed by atoms with Crippen molar-refractivity contribution in [2.75, 3.05) is 13.2 Å². The number of carbonyl (C=O) groups excluding carboxylic acids is 2. The van der Waals surface area contributed by atoms with Gasteiger partial charge in [0.25, 0.3) is 5.69 Å². The Morgan fingerprint density at radius 3 is 2.12 bits per heavy atom. The summed E-state index contributed by atoms with van der Waals surface area (Å²) < 4.78 is 10.6. The van der Waals surface area contributed by atoms with Crippen LogP contribution >= 0.6 is 0 Å². The molecule has 1 atom stereocenters. The number of alkyl carbamates (subject to hydrolysis) is 1. The minimum absolute atomic E-state index is 0.0387. The lowest BCUT2D eigenvalue weighted by Crippen LogP contribution is -2.43. The van der Waals surface area contributed by atoms with E-state index in [-0.39, 0.29) is 30.5 Å². The Kier molecular flexibility index (Phi) is 6.72. The summed E-state index contributed by atoms with van der Waals surface area (Å²) in [7, 11) is 0. The van der Waals surface area contributed by atoms with Crippen LogP contribution in [0.15, 0.2) is 72.8 Å². The third kappa shape index (κ3) is 5.15. The highest BCUT2D eigenvalue weighted by Crippen LogP contribution is 2.44. The van der Waals surface area contributed by atoms with Crippen LogP contribution in [-0.2, 0) is 4.74 Å². The van der Waals surface area contributed by atoms with Gasteiger partial charge >= 0.3 is 12.2 Å². The van der Waals surface area contributed by atoms with Gasteiger partial charge in [0.05, 0.1) is 4.92 Å². The highest BCUT2D eigenvalue weighted by Gasteiger charge is 2.29. The van der Waals surface area contributed by atoms with Crippen LogP contribution in [0.1, 0.15) is 24.0 Å². The number of amides is 2. The van der Waals surface area contributed by atoms with Crippen LogP contribution in [0, 0.1) is 10.1 Å². The molecule has 9 nitrogen and oxygen atoms in total. The van der Waals surface area contributed by atoms with Crippen molar-refractivity contribution >= 4 is 17.9 Å². The molecule has 1 aliphatic carbocycles. The lowest BCUT2D eigenvalue weighted by atomic mass is 9.98. The first-order chi connectivity index (χ1) is 16.4. The highest BCUT2D eigenvalue weighted by molar-refractivity contribution is 5.79. The number of fused-ring (bicyclic) bond motifs is 3. The van der Waals surface area contributed by atoms with Gasteiger partial charge in [0.15, 0.2) is 0 Å². The monoisotopic (exact) mass is 461 g/mol. The maximum absolute atomic E-state index is 12.3. The molecule has 0 saturated heterocycles. The van der Waals surface area contributed by atoms with Gasteiger partial charge in [-0.3, -0.25) is 10.1 Å². The van der Waals surface area contributed by atoms with E-state index in [1.54, 1.807) is 6.92 Å². The Balaban J connectivity index is 1.24. The standard InChI is InChI=1S/C25H23N3O6/c1-16(14-26-24(29)34-18-12-10-17(11-13-18)28(31)32)27-25(30)33-15-23-21-8-4-2-6-19(21)20-7-3-5-9-22(20)23/h2-13,16,23H,14-15H2,1H3,(H,26,29)(H,27,30)/t16-/m1/s1. The zero-order valence-electron chi connectivity index (χ0n) is 18.4. The maximum atomic E-state index is 12.3. The van der Waals surface area contributed by atoms with E-state index in [0.29, 0.717) is 0 Å². The van der Waals surface area contributed by atoms with Crippen LogP contribution < -0.4 is 15.4 Å². The van der Waals surface area contributed by atoms with Crippen molar-refractivity contribution in [3.05, 3.63) is 94.0 Å². The Labute approximate surface area is 195 Å². The molecule has 0 heterocycles. The lowest BCUT2D eigenvalue weighted by molar-refractivity contribution is -0.384. The highest BCUT2D eigenvalue weighted by atomic mass is 16.6. The van der Waals surface area contributed by atoms with Crippen LogP contribution in [0.2, 0.25) is 0 Å². The van der Waals surface area contributed by atoms with Crippen LogP contribution in [0.4, 0.5) is 15.3 Å². The number of hydrogen-bond donors (Lipinski definition) is 2. The zero-order valence-corrected chi connectivity index (χ0v) is 18.4. The van der Waals surface area contributed by atoms with E-state index in [4.69, 9.17) is 9.47 Å². The molecule has 0 aromatic heterocycles. The van der Waals surface area contributed by atoms with Gasteiger partial charge in [0, 0.05) is 30.6 Å². The first-order valence-corrected chi connectivity index (χ1v) is 10.7. The van der Waals surface area contributed by atoms with Crippen molar-refractivity contribution in [2.45, 2.75) is 18.9 Å². The van der Waals surface area contributed by atoms with E-state index in [1.807, 2.05) is 36.4 Å². The van der Waals surface area contributed by atoms with Gasteiger partial charge in [-0.2, -0.15) is 0 Å². The quantitative estimate of drug-likeness (QED) is 0.392. The molecule has 2 amide bonds. The molecular formula is C25H23N3O6. The molecule has 1 aliphatic rings. The lowest BCUT2D eigenvalue weighted by Gasteiger charge is -2.17. The number of rotatable bonds is 7. The van der Waals surface area contributed by atoms with Gasteiger partial charge in [0.2, 0.25) is 0 Å². The second-order valence-corrected chi connectivity index (χ2v) is 7.89. The summed E-state index contributed by atoms with van der Waals surface area (Å²) in [4.78, 5) is 34.4. The Hall–Kier alpha value is -4.40. The van der Waals surface area contributed by atoms with E-state index >= 15 is 0 Å². The van der Waals surface area contributed by atoms with Gasteiger partial charge in [-0.15, -0.1) is 0 Å². The molecule has 0 radical (unpaired) electrons. The Morgan fingerprint density at radius 1 is 0.941 bits per heavy atom. The van der Waals surface area contributed by atoms with E-state index in [0.717, 1.165) is 22.3 Å². The normalized spacial score (nSPS) is 12.7. The number of nitro benzene ring substituents is 1. The fraction of sp³-hybridized carbons (Fsp3) is 0.200. The molecule has 4 rings (SSSR count). The third-order valence-electron chi connectivity index (χ3n) is 5.52. The van der Waals surface area contributed by atoms with Crippen LogP contribution in [0.3, 0.4) is 0 Å². The second-order valence-electron chi connectivity index (χ2n) is 7.89. The van der Waals surface area contributed by atoms with Crippen molar-refractivity contribution in [1.29, 1.82) is 0 Å². The van der Waals surface area contributed by atoms with Crippen molar-refractivity contribution in [1.82, 2.24) is 10.6 Å². The largest absolute Gasteiger partial charge is 0.449 e. The number of hydrogen-bond acceptors (Lipinski definition) is 6. The van der Waals surface area contributed by atoms with Crippen molar-refractivity contribution in [3.63, 3.8) is 0 Å². The molecule has 3 aromatic rings. The average Bonchev–Trinajstić information content (AvgIpc) is 3.15. The van der Waals surface area contributed by atoms with E-state index < -0.39 is 23.2 Å². The van der Waals surface area contributed by atoms with E-state index in [9.17, 15) is 19.7 Å². The summed E-state index contributed by atoms with van der Waals surface area (Å²) in [5.41, 5.74) is 4.45. The summed E-state index contributed by atoms with van der Waals surface area (Å²) in [5.74, 6) is 0.128. The fourth-order valence-corrected chi connectivity index (χ4v) is 3.91. The van der Waals surface area contributed by atoms with Crippen LogP contribution in [0.5, 0.6) is 5.75 Å².